The molecule has 0 unspecified atom stereocenters. The molecule has 0 aromatic heterocycles. The number of nitrogens with zero attached hydrogens (tertiary/aromatic N) is 1. The Morgan fingerprint density at radius 1 is 0.784 bits per heavy atom. The van der Waals surface area contributed by atoms with Crippen LogP contribution < -0.4 is 15.4 Å². The molecule has 4 aromatic rings. The molecule has 0 heterocycles. The van der Waals surface area contributed by atoms with Crippen molar-refractivity contribution in [3.05, 3.63) is 130 Å². The molecule has 0 radical (unpaired) electrons. The van der Waals surface area contributed by atoms with Gasteiger partial charge in [0.2, 0.25) is 0 Å². The lowest BCUT2D eigenvalue weighted by Gasteiger charge is -2.22. The van der Waals surface area contributed by atoms with Gasteiger partial charge in [0.05, 0.1) is 12.0 Å². The second-order valence-electron chi connectivity index (χ2n) is 7.91. The molecule has 0 spiro atoms. The summed E-state index contributed by atoms with van der Waals surface area (Å²) < 4.78 is 11.3. The van der Waals surface area contributed by atoms with Crippen molar-refractivity contribution >= 4 is 29.1 Å². The van der Waals surface area contributed by atoms with Gasteiger partial charge in [-0.05, 0) is 35.4 Å². The Morgan fingerprint density at radius 3 is 1.95 bits per heavy atom. The van der Waals surface area contributed by atoms with E-state index in [0.29, 0.717) is 5.69 Å². The number of hydrogen-bond donors (Lipinski definition) is 2. The summed E-state index contributed by atoms with van der Waals surface area (Å²) >= 11 is 0. The second kappa shape index (κ2) is 11.5. The van der Waals surface area contributed by atoms with E-state index in [9.17, 15) is 19.7 Å². The van der Waals surface area contributed by atoms with E-state index in [0.717, 1.165) is 11.1 Å². The standard InChI is InChI=1S/C28H23N3O6/c1-36-27(32)24-18-22(30-28(33)29-21-13-8-14-23(17-21)31(34)35)15-16-25(24)37-26(19-9-4-2-5-10-19)20-11-6-3-7-12-20/h2-18,26H,1H3,(H2,29,30,33). The van der Waals surface area contributed by atoms with Crippen LogP contribution in [0.2, 0.25) is 0 Å². The molecule has 0 aliphatic rings. The van der Waals surface area contributed by atoms with Crippen molar-refractivity contribution in [3.63, 3.8) is 0 Å². The summed E-state index contributed by atoms with van der Waals surface area (Å²) in [4.78, 5) is 35.5. The van der Waals surface area contributed by atoms with Crippen LogP contribution in [-0.2, 0) is 4.74 Å². The number of urea groups is 1. The minimum Gasteiger partial charge on any atom is -0.480 e. The normalized spacial score (nSPS) is 10.4. The van der Waals surface area contributed by atoms with Crippen molar-refractivity contribution in [2.75, 3.05) is 17.7 Å². The highest BCUT2D eigenvalue weighted by Gasteiger charge is 2.21. The number of anilines is 2. The lowest BCUT2D eigenvalue weighted by Crippen LogP contribution is -2.20. The fraction of sp³-hybridized carbons (Fsp3) is 0.0714. The summed E-state index contributed by atoms with van der Waals surface area (Å²) in [5.74, 6) is -0.369. The van der Waals surface area contributed by atoms with Gasteiger partial charge < -0.3 is 20.1 Å². The molecular formula is C28H23N3O6. The zero-order valence-corrected chi connectivity index (χ0v) is 19.8. The van der Waals surface area contributed by atoms with Crippen molar-refractivity contribution < 1.29 is 24.0 Å². The number of nitro groups is 1. The minimum absolute atomic E-state index is 0.118. The van der Waals surface area contributed by atoms with Gasteiger partial charge >= 0.3 is 12.0 Å². The number of nitro benzene ring substituents is 1. The Kier molecular flexibility index (Phi) is 7.75. The summed E-state index contributed by atoms with van der Waals surface area (Å²) in [6.45, 7) is 0. The molecule has 0 aliphatic carbocycles. The number of carbonyl (C=O) groups excluding carboxylic acids is 2. The zero-order valence-electron chi connectivity index (χ0n) is 19.8. The molecule has 0 aliphatic heterocycles. The first-order chi connectivity index (χ1) is 17.9. The van der Waals surface area contributed by atoms with Gasteiger partial charge in [-0.1, -0.05) is 66.7 Å². The van der Waals surface area contributed by atoms with Crippen LogP contribution in [0.15, 0.2) is 103 Å². The van der Waals surface area contributed by atoms with Crippen LogP contribution in [0.4, 0.5) is 21.9 Å². The minimum atomic E-state index is -0.642. The van der Waals surface area contributed by atoms with Crippen LogP contribution in [0.1, 0.15) is 27.6 Å². The SMILES string of the molecule is COC(=O)c1cc(NC(=O)Nc2cccc([N+](=O)[O-])c2)ccc1OC(c1ccccc1)c1ccccc1. The number of ether oxygens (including phenoxy) is 2. The fourth-order valence-corrected chi connectivity index (χ4v) is 3.68. The Hall–Kier alpha value is -5.18. The van der Waals surface area contributed by atoms with E-state index < -0.39 is 23.0 Å². The fourth-order valence-electron chi connectivity index (χ4n) is 3.68. The first-order valence-corrected chi connectivity index (χ1v) is 11.3. The largest absolute Gasteiger partial charge is 0.480 e. The van der Waals surface area contributed by atoms with E-state index in [-0.39, 0.29) is 22.7 Å². The van der Waals surface area contributed by atoms with Crippen LogP contribution in [0.3, 0.4) is 0 Å². The maximum Gasteiger partial charge on any atom is 0.341 e. The number of rotatable bonds is 8. The van der Waals surface area contributed by atoms with Gasteiger partial charge in [0.25, 0.3) is 5.69 Å². The number of non-ortho nitro benzene ring substituents is 1. The van der Waals surface area contributed by atoms with E-state index in [2.05, 4.69) is 10.6 Å². The maximum absolute atomic E-state index is 12.6. The number of carbonyl (C=O) groups is 2. The van der Waals surface area contributed by atoms with E-state index in [1.807, 2.05) is 60.7 Å². The van der Waals surface area contributed by atoms with Crippen LogP contribution in [-0.4, -0.2) is 24.0 Å². The smallest absolute Gasteiger partial charge is 0.341 e. The van der Waals surface area contributed by atoms with Gasteiger partial charge in [0, 0.05) is 23.5 Å². The number of benzene rings is 4. The Labute approximate surface area is 212 Å². The van der Waals surface area contributed by atoms with Crippen LogP contribution >= 0.6 is 0 Å². The lowest BCUT2D eigenvalue weighted by molar-refractivity contribution is -0.384. The molecule has 0 fully saturated rings. The Balaban J connectivity index is 1.59. The predicted molar refractivity (Wildman–Crippen MR) is 139 cm³/mol. The number of esters is 1. The number of hydrogen-bond acceptors (Lipinski definition) is 6. The summed E-state index contributed by atoms with van der Waals surface area (Å²) in [5.41, 5.74) is 2.29. The van der Waals surface area contributed by atoms with E-state index in [4.69, 9.17) is 9.47 Å². The van der Waals surface area contributed by atoms with Crippen molar-refractivity contribution in [2.24, 2.45) is 0 Å². The van der Waals surface area contributed by atoms with Gasteiger partial charge in [0.1, 0.15) is 17.4 Å². The van der Waals surface area contributed by atoms with E-state index in [1.165, 1.54) is 37.4 Å². The van der Waals surface area contributed by atoms with Crippen molar-refractivity contribution in [1.82, 2.24) is 0 Å². The summed E-state index contributed by atoms with van der Waals surface area (Å²) in [7, 11) is 1.26. The van der Waals surface area contributed by atoms with Crippen LogP contribution in [0.5, 0.6) is 5.75 Å². The second-order valence-corrected chi connectivity index (χ2v) is 7.91. The van der Waals surface area contributed by atoms with Gasteiger partial charge in [-0.15, -0.1) is 0 Å². The highest BCUT2D eigenvalue weighted by molar-refractivity contribution is 6.01. The molecule has 4 aromatic carbocycles. The van der Waals surface area contributed by atoms with Crippen LogP contribution in [0.25, 0.3) is 0 Å². The molecule has 2 amide bonds. The molecule has 0 saturated carbocycles. The predicted octanol–water partition coefficient (Wildman–Crippen LogP) is 6.19. The number of methoxy groups -OCH3 is 1. The Bertz CT molecular complexity index is 1370. The molecule has 37 heavy (non-hydrogen) atoms. The summed E-state index contributed by atoms with van der Waals surface area (Å²) in [6, 6.07) is 28.7. The van der Waals surface area contributed by atoms with Crippen LogP contribution in [0, 0.1) is 10.1 Å². The third-order valence-electron chi connectivity index (χ3n) is 5.41. The summed E-state index contributed by atoms with van der Waals surface area (Å²) in [6.07, 6.45) is -0.498. The molecule has 0 atom stereocenters. The molecule has 2 N–H and O–H groups in total. The quantitative estimate of drug-likeness (QED) is 0.170. The van der Waals surface area contributed by atoms with E-state index >= 15 is 0 Å². The molecular weight excluding hydrogens is 474 g/mol. The van der Waals surface area contributed by atoms with Crippen molar-refractivity contribution in [2.45, 2.75) is 6.10 Å². The lowest BCUT2D eigenvalue weighted by atomic mass is 10.0. The molecule has 4 rings (SSSR count). The molecule has 0 saturated heterocycles. The molecule has 0 bridgehead atoms. The third-order valence-corrected chi connectivity index (χ3v) is 5.41. The number of amides is 2. The zero-order chi connectivity index (χ0) is 26.2. The topological polar surface area (TPSA) is 120 Å². The third kappa shape index (κ3) is 6.29. The van der Waals surface area contributed by atoms with Gasteiger partial charge in [-0.3, -0.25) is 10.1 Å². The maximum atomic E-state index is 12.6. The first kappa shape index (κ1) is 24.9. The average Bonchev–Trinajstić information content (AvgIpc) is 2.92. The molecule has 9 heteroatoms. The van der Waals surface area contributed by atoms with Gasteiger partial charge in [-0.2, -0.15) is 0 Å². The highest BCUT2D eigenvalue weighted by Crippen LogP contribution is 2.32. The van der Waals surface area contributed by atoms with Gasteiger partial charge in [0.15, 0.2) is 0 Å². The highest BCUT2D eigenvalue weighted by atomic mass is 16.6. The Morgan fingerprint density at radius 2 is 1.38 bits per heavy atom. The van der Waals surface area contributed by atoms with Gasteiger partial charge in [-0.25, -0.2) is 9.59 Å². The van der Waals surface area contributed by atoms with Crippen molar-refractivity contribution in [1.29, 1.82) is 0 Å². The average molecular weight is 498 g/mol. The number of nitrogens with one attached hydrogen (secondary N) is 2. The summed E-state index contributed by atoms with van der Waals surface area (Å²) in [5, 5.41) is 16.1. The monoisotopic (exact) mass is 497 g/mol. The molecule has 9 nitrogen and oxygen atoms in total. The first-order valence-electron chi connectivity index (χ1n) is 11.3. The van der Waals surface area contributed by atoms with E-state index in [1.54, 1.807) is 12.1 Å². The van der Waals surface area contributed by atoms with Crippen molar-refractivity contribution in [3.8, 4) is 5.75 Å². The molecule has 186 valence electrons.